The number of primary amides is 1. The van der Waals surface area contributed by atoms with E-state index in [0.717, 1.165) is 42.1 Å². The lowest BCUT2D eigenvalue weighted by atomic mass is 9.95. The second-order valence-corrected chi connectivity index (χ2v) is 10.0. The van der Waals surface area contributed by atoms with Gasteiger partial charge < -0.3 is 15.6 Å². The van der Waals surface area contributed by atoms with Gasteiger partial charge in [0.15, 0.2) is 5.16 Å². The lowest BCUT2D eigenvalue weighted by Crippen LogP contribution is -2.19. The Bertz CT molecular complexity index is 941. The minimum absolute atomic E-state index is 0.118. The first-order valence-electron chi connectivity index (χ1n) is 10.4. The van der Waals surface area contributed by atoms with Crippen molar-refractivity contribution in [3.8, 4) is 0 Å². The summed E-state index contributed by atoms with van der Waals surface area (Å²) < 4.78 is 2.32. The number of imidazole rings is 1. The molecule has 1 saturated carbocycles. The zero-order valence-corrected chi connectivity index (χ0v) is 18.7. The molecule has 0 bridgehead atoms. The number of aromatic nitrogens is 2. The van der Waals surface area contributed by atoms with E-state index >= 15 is 0 Å². The molecule has 2 aromatic rings. The summed E-state index contributed by atoms with van der Waals surface area (Å²) in [5.41, 5.74) is 9.41. The Kier molecular flexibility index (Phi) is 6.01. The number of carbonyl (C=O) groups is 2. The summed E-state index contributed by atoms with van der Waals surface area (Å²) in [7, 11) is 0. The predicted molar refractivity (Wildman–Crippen MR) is 118 cm³/mol. The minimum atomic E-state index is -0.449. The SMILES string of the molecule is Cc1nc(SCC(=O)Nc2sc3c(c2C(N)=O)CCCC3)n(C2CCCC2)c1C. The van der Waals surface area contributed by atoms with E-state index in [9.17, 15) is 9.59 Å². The molecule has 0 radical (unpaired) electrons. The van der Waals surface area contributed by atoms with E-state index in [1.54, 1.807) is 0 Å². The zero-order chi connectivity index (χ0) is 20.5. The number of thioether (sulfide) groups is 1. The monoisotopic (exact) mass is 432 g/mol. The molecule has 2 heterocycles. The zero-order valence-electron chi connectivity index (χ0n) is 17.0. The fourth-order valence-electron chi connectivity index (χ4n) is 4.50. The number of rotatable bonds is 6. The van der Waals surface area contributed by atoms with Gasteiger partial charge in [-0.25, -0.2) is 4.98 Å². The molecule has 8 heteroatoms. The molecule has 6 nitrogen and oxygen atoms in total. The van der Waals surface area contributed by atoms with Crippen LogP contribution in [0.15, 0.2) is 5.16 Å². The Balaban J connectivity index is 1.47. The summed E-state index contributed by atoms with van der Waals surface area (Å²) in [6.45, 7) is 4.14. The first kappa shape index (κ1) is 20.5. The highest BCUT2D eigenvalue weighted by Crippen LogP contribution is 2.38. The van der Waals surface area contributed by atoms with Crippen LogP contribution in [-0.4, -0.2) is 27.1 Å². The second kappa shape index (κ2) is 8.52. The molecule has 0 unspecified atom stereocenters. The molecule has 0 aromatic carbocycles. The molecule has 29 heavy (non-hydrogen) atoms. The van der Waals surface area contributed by atoms with Gasteiger partial charge in [-0.3, -0.25) is 9.59 Å². The molecule has 1 fully saturated rings. The van der Waals surface area contributed by atoms with E-state index in [1.807, 2.05) is 6.92 Å². The van der Waals surface area contributed by atoms with Crippen LogP contribution in [0.4, 0.5) is 5.00 Å². The second-order valence-electron chi connectivity index (χ2n) is 7.99. The molecule has 2 aromatic heterocycles. The summed E-state index contributed by atoms with van der Waals surface area (Å²) in [5.74, 6) is -0.300. The van der Waals surface area contributed by atoms with Crippen LogP contribution >= 0.6 is 23.1 Å². The Morgan fingerprint density at radius 2 is 1.93 bits per heavy atom. The molecule has 0 aliphatic heterocycles. The summed E-state index contributed by atoms with van der Waals surface area (Å²) in [6.07, 6.45) is 8.88. The number of hydrogen-bond acceptors (Lipinski definition) is 5. The van der Waals surface area contributed by atoms with E-state index in [-0.39, 0.29) is 11.7 Å². The quantitative estimate of drug-likeness (QED) is 0.663. The summed E-state index contributed by atoms with van der Waals surface area (Å²) in [4.78, 5) is 30.6. The molecular weight excluding hydrogens is 404 g/mol. The van der Waals surface area contributed by atoms with E-state index in [1.165, 1.54) is 59.4 Å². The van der Waals surface area contributed by atoms with Gasteiger partial charge in [-0.05, 0) is 57.9 Å². The van der Waals surface area contributed by atoms with Crippen molar-refractivity contribution >= 4 is 39.9 Å². The number of nitrogens with two attached hydrogens (primary N) is 1. The van der Waals surface area contributed by atoms with Crippen LogP contribution in [0.25, 0.3) is 0 Å². The molecule has 2 aliphatic carbocycles. The maximum absolute atomic E-state index is 12.7. The van der Waals surface area contributed by atoms with Gasteiger partial charge in [-0.1, -0.05) is 24.6 Å². The standard InChI is InChI=1S/C21H28N4O2S2/c1-12-13(2)25(14-7-3-4-8-14)21(23-12)28-11-17(26)24-20-18(19(22)27)15-9-5-6-10-16(15)29-20/h14H,3-11H2,1-2H3,(H2,22,27)(H,24,26). The number of nitrogens with zero attached hydrogens (tertiary/aromatic N) is 2. The van der Waals surface area contributed by atoms with Crippen molar-refractivity contribution in [3.05, 3.63) is 27.4 Å². The summed E-state index contributed by atoms with van der Waals surface area (Å²) in [5, 5.41) is 4.48. The highest BCUT2D eigenvalue weighted by molar-refractivity contribution is 7.99. The van der Waals surface area contributed by atoms with Crippen molar-refractivity contribution in [1.82, 2.24) is 9.55 Å². The van der Waals surface area contributed by atoms with Crippen molar-refractivity contribution in [3.63, 3.8) is 0 Å². The summed E-state index contributed by atoms with van der Waals surface area (Å²) >= 11 is 2.98. The van der Waals surface area contributed by atoms with Gasteiger partial charge in [0.05, 0.1) is 17.0 Å². The fourth-order valence-corrected chi connectivity index (χ4v) is 6.77. The van der Waals surface area contributed by atoms with Crippen molar-refractivity contribution in [2.45, 2.75) is 76.4 Å². The van der Waals surface area contributed by atoms with Crippen molar-refractivity contribution < 1.29 is 9.59 Å². The van der Waals surface area contributed by atoms with Gasteiger partial charge in [0.1, 0.15) is 5.00 Å². The average Bonchev–Trinajstić information content (AvgIpc) is 3.38. The topological polar surface area (TPSA) is 90.0 Å². The Morgan fingerprint density at radius 1 is 1.21 bits per heavy atom. The minimum Gasteiger partial charge on any atom is -0.365 e. The van der Waals surface area contributed by atoms with Crippen molar-refractivity contribution in [1.29, 1.82) is 0 Å². The third kappa shape index (κ3) is 4.10. The number of anilines is 1. The van der Waals surface area contributed by atoms with Crippen LogP contribution in [0.2, 0.25) is 0 Å². The maximum atomic E-state index is 12.7. The molecule has 0 spiro atoms. The number of hydrogen-bond donors (Lipinski definition) is 2. The number of thiophene rings is 1. The van der Waals surface area contributed by atoms with Gasteiger partial charge in [-0.2, -0.15) is 0 Å². The third-order valence-electron chi connectivity index (χ3n) is 6.05. The summed E-state index contributed by atoms with van der Waals surface area (Å²) in [6, 6.07) is 0.493. The van der Waals surface area contributed by atoms with Gasteiger partial charge in [0.25, 0.3) is 5.91 Å². The predicted octanol–water partition coefficient (Wildman–Crippen LogP) is 4.39. The first-order valence-corrected chi connectivity index (χ1v) is 12.2. The van der Waals surface area contributed by atoms with Crippen LogP contribution < -0.4 is 11.1 Å². The van der Waals surface area contributed by atoms with Crippen molar-refractivity contribution in [2.75, 3.05) is 11.1 Å². The van der Waals surface area contributed by atoms with Gasteiger partial charge in [0.2, 0.25) is 5.91 Å². The molecule has 0 saturated heterocycles. The first-order chi connectivity index (χ1) is 14.0. The smallest absolute Gasteiger partial charge is 0.251 e. The van der Waals surface area contributed by atoms with Crippen LogP contribution in [0, 0.1) is 13.8 Å². The third-order valence-corrected chi connectivity index (χ3v) is 8.21. The van der Waals surface area contributed by atoms with Crippen LogP contribution in [0.1, 0.15) is 76.8 Å². The molecular formula is C21H28N4O2S2. The molecule has 156 valence electrons. The van der Waals surface area contributed by atoms with Crippen LogP contribution in [0.5, 0.6) is 0 Å². The van der Waals surface area contributed by atoms with E-state index in [4.69, 9.17) is 10.7 Å². The Morgan fingerprint density at radius 3 is 2.66 bits per heavy atom. The number of amides is 2. The Labute approximate surface area is 179 Å². The van der Waals surface area contributed by atoms with E-state index in [0.29, 0.717) is 16.6 Å². The van der Waals surface area contributed by atoms with Crippen LogP contribution in [0.3, 0.4) is 0 Å². The highest BCUT2D eigenvalue weighted by atomic mass is 32.2. The number of aryl methyl sites for hydroxylation is 2. The lowest BCUT2D eigenvalue weighted by molar-refractivity contribution is -0.113. The Hall–Kier alpha value is -1.80. The molecule has 0 atom stereocenters. The molecule has 4 rings (SSSR count). The van der Waals surface area contributed by atoms with E-state index < -0.39 is 5.91 Å². The molecule has 2 amide bonds. The van der Waals surface area contributed by atoms with Gasteiger partial charge in [-0.15, -0.1) is 11.3 Å². The maximum Gasteiger partial charge on any atom is 0.251 e. The van der Waals surface area contributed by atoms with Crippen LogP contribution in [-0.2, 0) is 17.6 Å². The van der Waals surface area contributed by atoms with E-state index in [2.05, 4.69) is 16.8 Å². The molecule has 2 aliphatic rings. The lowest BCUT2D eigenvalue weighted by Gasteiger charge is -2.16. The molecule has 3 N–H and O–H groups in total. The van der Waals surface area contributed by atoms with Crippen molar-refractivity contribution in [2.24, 2.45) is 5.73 Å². The normalized spacial score (nSPS) is 16.8. The van der Waals surface area contributed by atoms with Gasteiger partial charge in [0, 0.05) is 16.6 Å². The van der Waals surface area contributed by atoms with Gasteiger partial charge >= 0.3 is 0 Å². The average molecular weight is 433 g/mol. The number of nitrogens with one attached hydrogen (secondary N) is 1. The number of fused-ring (bicyclic) bond motifs is 1. The number of carbonyl (C=O) groups excluding carboxylic acids is 2. The highest BCUT2D eigenvalue weighted by Gasteiger charge is 2.26. The fraction of sp³-hybridized carbons (Fsp3) is 0.571. The largest absolute Gasteiger partial charge is 0.365 e.